The van der Waals surface area contributed by atoms with Crippen LogP contribution < -0.4 is 0 Å². The SMILES string of the molecule is CN1CCc2[nH]cnc2C12CCN(C(=O)[C@H]1CC(=O)OC13CCCC3)CC2. The van der Waals surface area contributed by atoms with E-state index in [1.165, 1.54) is 5.69 Å². The van der Waals surface area contributed by atoms with Crippen molar-refractivity contribution in [3.8, 4) is 0 Å². The van der Waals surface area contributed by atoms with Gasteiger partial charge < -0.3 is 14.6 Å². The molecular weight excluding hydrogens is 344 g/mol. The molecule has 1 N–H and O–H groups in total. The minimum Gasteiger partial charge on any atom is -0.458 e. The molecule has 7 nitrogen and oxygen atoms in total. The molecule has 4 heterocycles. The molecular formula is C20H28N4O3. The van der Waals surface area contributed by atoms with E-state index in [1.54, 1.807) is 6.33 Å². The van der Waals surface area contributed by atoms with Crippen LogP contribution >= 0.6 is 0 Å². The van der Waals surface area contributed by atoms with Gasteiger partial charge in [-0.2, -0.15) is 0 Å². The van der Waals surface area contributed by atoms with Crippen LogP contribution in [-0.4, -0.2) is 63.9 Å². The minimum absolute atomic E-state index is 0.0720. The number of hydrogen-bond donors (Lipinski definition) is 1. The summed E-state index contributed by atoms with van der Waals surface area (Å²) in [4.78, 5) is 37.6. The van der Waals surface area contributed by atoms with Gasteiger partial charge in [0.05, 0.1) is 29.9 Å². The zero-order valence-corrected chi connectivity index (χ0v) is 16.0. The van der Waals surface area contributed by atoms with Gasteiger partial charge in [-0.25, -0.2) is 4.98 Å². The highest BCUT2D eigenvalue weighted by molar-refractivity contribution is 5.88. The van der Waals surface area contributed by atoms with E-state index in [4.69, 9.17) is 4.74 Å². The molecule has 1 aliphatic carbocycles. The summed E-state index contributed by atoms with van der Waals surface area (Å²) in [5.74, 6) is -0.359. The number of imidazole rings is 1. The number of likely N-dealkylation sites (N-methyl/N-ethyl adjacent to an activating group) is 1. The fraction of sp³-hybridized carbons (Fsp3) is 0.750. The van der Waals surface area contributed by atoms with Crippen LogP contribution in [0.4, 0.5) is 0 Å². The van der Waals surface area contributed by atoms with Gasteiger partial charge in [0.15, 0.2) is 0 Å². The van der Waals surface area contributed by atoms with Crippen molar-refractivity contribution in [2.24, 2.45) is 5.92 Å². The van der Waals surface area contributed by atoms with Crippen molar-refractivity contribution in [3.63, 3.8) is 0 Å². The molecule has 146 valence electrons. The van der Waals surface area contributed by atoms with Gasteiger partial charge in [-0.1, -0.05) is 0 Å². The number of piperidine rings is 1. The number of amides is 1. The van der Waals surface area contributed by atoms with Crippen LogP contribution in [0.15, 0.2) is 6.33 Å². The Morgan fingerprint density at radius 2 is 1.96 bits per heavy atom. The number of rotatable bonds is 1. The number of nitrogens with zero attached hydrogens (tertiary/aromatic N) is 3. The first-order chi connectivity index (χ1) is 13.0. The average Bonchev–Trinajstić information content (AvgIpc) is 3.40. The van der Waals surface area contributed by atoms with Crippen molar-refractivity contribution in [2.45, 2.75) is 62.5 Å². The summed E-state index contributed by atoms with van der Waals surface area (Å²) in [5.41, 5.74) is 1.82. The molecule has 2 spiro atoms. The number of nitrogens with one attached hydrogen (secondary N) is 1. The Kier molecular flexibility index (Phi) is 3.86. The lowest BCUT2D eigenvalue weighted by atomic mass is 9.78. The van der Waals surface area contributed by atoms with Crippen molar-refractivity contribution >= 4 is 11.9 Å². The van der Waals surface area contributed by atoms with Gasteiger partial charge in [-0.3, -0.25) is 14.5 Å². The molecule has 4 aliphatic rings. The highest BCUT2D eigenvalue weighted by Gasteiger charge is 2.55. The predicted molar refractivity (Wildman–Crippen MR) is 97.8 cm³/mol. The third-order valence-corrected chi connectivity index (χ3v) is 7.56. The standard InChI is InChI=1S/C20H28N4O3/c1-23-9-4-15-17(22-13-21-15)19(23)7-10-24(11-8-19)18(26)14-12-16(25)27-20(14)5-2-3-6-20/h13-14H,2-12H2,1H3,(H,21,22)/t14-/m1/s1. The minimum atomic E-state index is -0.514. The first kappa shape index (κ1) is 17.2. The summed E-state index contributed by atoms with van der Waals surface area (Å²) in [6, 6.07) is 0. The Hall–Kier alpha value is -1.89. The lowest BCUT2D eigenvalue weighted by Gasteiger charge is -2.49. The third-order valence-electron chi connectivity index (χ3n) is 7.56. The second-order valence-electron chi connectivity index (χ2n) is 8.76. The summed E-state index contributed by atoms with van der Waals surface area (Å²) in [7, 11) is 2.17. The fourth-order valence-corrected chi connectivity index (χ4v) is 5.95. The number of aromatic nitrogens is 2. The number of fused-ring (bicyclic) bond motifs is 2. The van der Waals surface area contributed by atoms with Crippen molar-refractivity contribution in [1.29, 1.82) is 0 Å². The maximum atomic E-state index is 13.3. The van der Waals surface area contributed by atoms with E-state index < -0.39 is 5.60 Å². The van der Waals surface area contributed by atoms with E-state index in [9.17, 15) is 9.59 Å². The molecule has 3 fully saturated rings. The molecule has 1 amide bonds. The molecule has 0 radical (unpaired) electrons. The lowest BCUT2D eigenvalue weighted by Crippen LogP contribution is -2.57. The van der Waals surface area contributed by atoms with Crippen molar-refractivity contribution in [3.05, 3.63) is 17.7 Å². The summed E-state index contributed by atoms with van der Waals surface area (Å²) >= 11 is 0. The number of aromatic amines is 1. The van der Waals surface area contributed by atoms with Gasteiger partial charge in [0.25, 0.3) is 0 Å². The van der Waals surface area contributed by atoms with Crippen molar-refractivity contribution in [1.82, 2.24) is 19.8 Å². The highest BCUT2D eigenvalue weighted by Crippen LogP contribution is 2.47. The smallest absolute Gasteiger partial charge is 0.307 e. The van der Waals surface area contributed by atoms with Crippen LogP contribution in [0.5, 0.6) is 0 Å². The third kappa shape index (κ3) is 2.47. The van der Waals surface area contributed by atoms with Gasteiger partial charge >= 0.3 is 5.97 Å². The predicted octanol–water partition coefficient (Wildman–Crippen LogP) is 1.59. The maximum absolute atomic E-state index is 13.3. The molecule has 1 aromatic heterocycles. The molecule has 1 atom stereocenters. The highest BCUT2D eigenvalue weighted by atomic mass is 16.6. The number of hydrogen-bond acceptors (Lipinski definition) is 5. The van der Waals surface area contributed by atoms with E-state index in [0.717, 1.165) is 70.3 Å². The monoisotopic (exact) mass is 372 g/mol. The number of likely N-dealkylation sites (tertiary alicyclic amines) is 1. The number of carbonyl (C=O) groups is 2. The van der Waals surface area contributed by atoms with Crippen LogP contribution in [-0.2, 0) is 26.3 Å². The number of ether oxygens (including phenoxy) is 1. The maximum Gasteiger partial charge on any atom is 0.307 e. The second kappa shape index (κ2) is 6.06. The molecule has 27 heavy (non-hydrogen) atoms. The largest absolute Gasteiger partial charge is 0.458 e. The van der Waals surface area contributed by atoms with Crippen LogP contribution in [0.25, 0.3) is 0 Å². The van der Waals surface area contributed by atoms with E-state index in [1.807, 2.05) is 4.90 Å². The molecule has 0 unspecified atom stereocenters. The van der Waals surface area contributed by atoms with Gasteiger partial charge in [0.1, 0.15) is 5.60 Å². The van der Waals surface area contributed by atoms with Crippen LogP contribution in [0, 0.1) is 5.92 Å². The summed E-state index contributed by atoms with van der Waals surface area (Å²) in [5, 5.41) is 0. The summed E-state index contributed by atoms with van der Waals surface area (Å²) in [6.45, 7) is 2.45. The van der Waals surface area contributed by atoms with E-state index in [0.29, 0.717) is 0 Å². The van der Waals surface area contributed by atoms with Gasteiger partial charge in [-0.05, 0) is 45.6 Å². The first-order valence-electron chi connectivity index (χ1n) is 10.3. The average molecular weight is 372 g/mol. The topological polar surface area (TPSA) is 78.5 Å². The zero-order valence-electron chi connectivity index (χ0n) is 16.0. The van der Waals surface area contributed by atoms with Crippen molar-refractivity contribution in [2.75, 3.05) is 26.7 Å². The molecule has 5 rings (SSSR count). The zero-order chi connectivity index (χ0) is 18.6. The summed E-state index contributed by atoms with van der Waals surface area (Å²) < 4.78 is 5.69. The van der Waals surface area contributed by atoms with Gasteiger partial charge in [-0.15, -0.1) is 0 Å². The second-order valence-corrected chi connectivity index (χ2v) is 8.76. The van der Waals surface area contributed by atoms with E-state index >= 15 is 0 Å². The van der Waals surface area contributed by atoms with Gasteiger partial charge in [0, 0.05) is 31.7 Å². The molecule has 1 aromatic rings. The first-order valence-corrected chi connectivity index (χ1v) is 10.3. The Morgan fingerprint density at radius 1 is 1.22 bits per heavy atom. The molecule has 7 heteroatoms. The quantitative estimate of drug-likeness (QED) is 0.758. The van der Waals surface area contributed by atoms with E-state index in [2.05, 4.69) is 21.9 Å². The Balaban J connectivity index is 1.34. The molecule has 0 aromatic carbocycles. The normalized spacial score (nSPS) is 29.3. The summed E-state index contributed by atoms with van der Waals surface area (Å²) in [6.07, 6.45) is 8.61. The Labute approximate surface area is 159 Å². The van der Waals surface area contributed by atoms with Crippen LogP contribution in [0.3, 0.4) is 0 Å². The van der Waals surface area contributed by atoms with Crippen molar-refractivity contribution < 1.29 is 14.3 Å². The molecule has 1 saturated carbocycles. The van der Waals surface area contributed by atoms with Gasteiger partial charge in [0.2, 0.25) is 5.91 Å². The number of H-pyrrole nitrogens is 1. The van der Waals surface area contributed by atoms with E-state index in [-0.39, 0.29) is 29.8 Å². The lowest BCUT2D eigenvalue weighted by molar-refractivity contribution is -0.152. The molecule has 3 aliphatic heterocycles. The van der Waals surface area contributed by atoms with Crippen LogP contribution in [0.1, 0.15) is 56.3 Å². The van der Waals surface area contributed by atoms with Crippen LogP contribution in [0.2, 0.25) is 0 Å². The number of esters is 1. The molecule has 2 saturated heterocycles. The fourth-order valence-electron chi connectivity index (χ4n) is 5.95. The molecule has 0 bridgehead atoms. The number of carbonyl (C=O) groups excluding carboxylic acids is 2. The Morgan fingerprint density at radius 3 is 2.70 bits per heavy atom. The Bertz CT molecular complexity index is 759.